The molecule has 0 saturated carbocycles. The molecule has 5 heteroatoms. The molecule has 0 aliphatic rings. The molecule has 0 saturated heterocycles. The molecule has 0 aliphatic heterocycles. The number of nitrogens with zero attached hydrogens (tertiary/aromatic N) is 2. The number of rotatable bonds is 7. The Morgan fingerprint density at radius 1 is 1.37 bits per heavy atom. The number of pyridine rings is 1. The zero-order valence-corrected chi connectivity index (χ0v) is 12.2. The van der Waals surface area contributed by atoms with Crippen LogP contribution in [0.5, 0.6) is 5.75 Å². The molecular formula is C14H24N4O. The van der Waals surface area contributed by atoms with Gasteiger partial charge in [0.05, 0.1) is 0 Å². The Morgan fingerprint density at radius 2 is 2.00 bits per heavy atom. The van der Waals surface area contributed by atoms with Gasteiger partial charge >= 0.3 is 0 Å². The minimum absolute atomic E-state index is 0.0693. The molecule has 0 aromatic carbocycles. The second kappa shape index (κ2) is 7.09. The molecule has 106 valence electrons. The van der Waals surface area contributed by atoms with Gasteiger partial charge in [0, 0.05) is 24.8 Å². The molecule has 0 bridgehead atoms. The van der Waals surface area contributed by atoms with Crippen LogP contribution < -0.4 is 10.5 Å². The summed E-state index contributed by atoms with van der Waals surface area (Å²) in [7, 11) is 0. The van der Waals surface area contributed by atoms with Crippen LogP contribution in [0.25, 0.3) is 0 Å². The van der Waals surface area contributed by atoms with E-state index in [2.05, 4.69) is 37.6 Å². The first-order valence-electron chi connectivity index (χ1n) is 6.61. The maximum Gasteiger partial charge on any atom is 0.148 e. The average Bonchev–Trinajstić information content (AvgIpc) is 2.33. The van der Waals surface area contributed by atoms with E-state index in [4.69, 9.17) is 15.9 Å². The number of nitrogens with two attached hydrogens (primary N) is 1. The standard InChI is InChI=1S/C14H24N4O/c1-10(2)18(11(3)4)8-9-19-12-6-5-7-17-13(12)14(15)16/h5-7,10-11H,8-9H2,1-4H3,(H3,15,16). The molecule has 1 aromatic rings. The van der Waals surface area contributed by atoms with Crippen molar-refractivity contribution in [3.8, 4) is 5.75 Å². The number of aromatic nitrogens is 1. The number of ether oxygens (including phenoxy) is 1. The number of amidine groups is 1. The van der Waals surface area contributed by atoms with E-state index in [1.807, 2.05) is 0 Å². The Labute approximate surface area is 115 Å². The largest absolute Gasteiger partial charge is 0.490 e. The van der Waals surface area contributed by atoms with E-state index in [9.17, 15) is 0 Å². The molecule has 0 atom stereocenters. The molecule has 0 radical (unpaired) electrons. The Hall–Kier alpha value is -1.62. The van der Waals surface area contributed by atoms with Crippen molar-refractivity contribution < 1.29 is 4.74 Å². The van der Waals surface area contributed by atoms with Crippen LogP contribution in [-0.2, 0) is 0 Å². The number of nitrogen functional groups attached to an aromatic ring is 1. The molecule has 1 rings (SSSR count). The lowest BCUT2D eigenvalue weighted by atomic mass is 10.2. The van der Waals surface area contributed by atoms with Crippen molar-refractivity contribution >= 4 is 5.84 Å². The topological polar surface area (TPSA) is 75.2 Å². The SMILES string of the molecule is CC(C)N(CCOc1cccnc1C(=N)N)C(C)C. The van der Waals surface area contributed by atoms with Gasteiger partial charge in [-0.25, -0.2) is 4.98 Å². The van der Waals surface area contributed by atoms with E-state index in [1.54, 1.807) is 18.3 Å². The molecule has 19 heavy (non-hydrogen) atoms. The lowest BCUT2D eigenvalue weighted by molar-refractivity contribution is 0.141. The molecule has 3 N–H and O–H groups in total. The molecule has 5 nitrogen and oxygen atoms in total. The van der Waals surface area contributed by atoms with Crippen molar-refractivity contribution in [2.75, 3.05) is 13.2 Å². The van der Waals surface area contributed by atoms with E-state index in [1.165, 1.54) is 0 Å². The predicted octanol–water partition coefficient (Wildman–Crippen LogP) is 1.86. The van der Waals surface area contributed by atoms with Gasteiger partial charge in [-0.15, -0.1) is 0 Å². The first-order chi connectivity index (χ1) is 8.93. The fraction of sp³-hybridized carbons (Fsp3) is 0.571. The van der Waals surface area contributed by atoms with Gasteiger partial charge in [-0.3, -0.25) is 10.3 Å². The van der Waals surface area contributed by atoms with Gasteiger partial charge in [0.25, 0.3) is 0 Å². The van der Waals surface area contributed by atoms with E-state index in [0.29, 0.717) is 30.1 Å². The molecular weight excluding hydrogens is 240 g/mol. The summed E-state index contributed by atoms with van der Waals surface area (Å²) in [5.74, 6) is 0.502. The first kappa shape index (κ1) is 15.4. The molecule has 0 unspecified atom stereocenters. The highest BCUT2D eigenvalue weighted by molar-refractivity contribution is 5.95. The zero-order valence-electron chi connectivity index (χ0n) is 12.2. The number of nitrogens with one attached hydrogen (secondary N) is 1. The summed E-state index contributed by atoms with van der Waals surface area (Å²) in [6.45, 7) is 10.1. The summed E-state index contributed by atoms with van der Waals surface area (Å²) in [4.78, 5) is 6.41. The molecule has 0 aliphatic carbocycles. The van der Waals surface area contributed by atoms with Gasteiger partial charge in [-0.05, 0) is 39.8 Å². The number of hydrogen-bond acceptors (Lipinski definition) is 4. The highest BCUT2D eigenvalue weighted by atomic mass is 16.5. The smallest absolute Gasteiger partial charge is 0.148 e. The maximum absolute atomic E-state index is 7.46. The normalized spacial score (nSPS) is 11.3. The Kier molecular flexibility index (Phi) is 5.76. The van der Waals surface area contributed by atoms with Crippen LogP contribution in [0.4, 0.5) is 0 Å². The highest BCUT2D eigenvalue weighted by Gasteiger charge is 2.14. The van der Waals surface area contributed by atoms with E-state index < -0.39 is 0 Å². The van der Waals surface area contributed by atoms with Crippen LogP contribution in [0.15, 0.2) is 18.3 Å². The average molecular weight is 264 g/mol. The van der Waals surface area contributed by atoms with Crippen molar-refractivity contribution in [1.82, 2.24) is 9.88 Å². The fourth-order valence-corrected chi connectivity index (χ4v) is 2.08. The van der Waals surface area contributed by atoms with Gasteiger partial charge in [0.1, 0.15) is 23.9 Å². The van der Waals surface area contributed by atoms with Crippen LogP contribution in [-0.4, -0.2) is 41.0 Å². The van der Waals surface area contributed by atoms with Crippen molar-refractivity contribution in [1.29, 1.82) is 5.41 Å². The second-order valence-corrected chi connectivity index (χ2v) is 5.04. The molecule has 0 spiro atoms. The summed E-state index contributed by atoms with van der Waals surface area (Å²) in [6.07, 6.45) is 1.61. The quantitative estimate of drug-likeness (QED) is 0.582. The number of hydrogen-bond donors (Lipinski definition) is 2. The zero-order chi connectivity index (χ0) is 14.4. The fourth-order valence-electron chi connectivity index (χ4n) is 2.08. The third-order valence-electron chi connectivity index (χ3n) is 2.96. The van der Waals surface area contributed by atoms with Crippen LogP contribution >= 0.6 is 0 Å². The molecule has 0 fully saturated rings. The van der Waals surface area contributed by atoms with Crippen LogP contribution in [0.1, 0.15) is 33.4 Å². The monoisotopic (exact) mass is 264 g/mol. The summed E-state index contributed by atoms with van der Waals surface area (Å²) < 4.78 is 5.70. The lowest BCUT2D eigenvalue weighted by Gasteiger charge is -2.30. The third kappa shape index (κ3) is 4.52. The summed E-state index contributed by atoms with van der Waals surface area (Å²) >= 11 is 0. The van der Waals surface area contributed by atoms with Gasteiger partial charge in [0.2, 0.25) is 0 Å². The first-order valence-corrected chi connectivity index (χ1v) is 6.61. The van der Waals surface area contributed by atoms with Gasteiger partial charge in [-0.2, -0.15) is 0 Å². The minimum atomic E-state index is -0.0693. The van der Waals surface area contributed by atoms with Crippen molar-refractivity contribution in [2.45, 2.75) is 39.8 Å². The van der Waals surface area contributed by atoms with Crippen molar-refractivity contribution in [3.05, 3.63) is 24.0 Å². The summed E-state index contributed by atoms with van der Waals surface area (Å²) in [5.41, 5.74) is 5.88. The van der Waals surface area contributed by atoms with E-state index >= 15 is 0 Å². The predicted molar refractivity (Wildman–Crippen MR) is 77.7 cm³/mol. The van der Waals surface area contributed by atoms with Crippen molar-refractivity contribution in [3.63, 3.8) is 0 Å². The van der Waals surface area contributed by atoms with Crippen molar-refractivity contribution in [2.24, 2.45) is 5.73 Å². The highest BCUT2D eigenvalue weighted by Crippen LogP contribution is 2.14. The van der Waals surface area contributed by atoms with Gasteiger partial charge < -0.3 is 10.5 Å². The minimum Gasteiger partial charge on any atom is -0.490 e. The summed E-state index contributed by atoms with van der Waals surface area (Å²) in [6, 6.07) is 4.53. The molecule has 0 amide bonds. The summed E-state index contributed by atoms with van der Waals surface area (Å²) in [5, 5.41) is 7.46. The van der Waals surface area contributed by atoms with Crippen LogP contribution in [0.3, 0.4) is 0 Å². The maximum atomic E-state index is 7.46. The van der Waals surface area contributed by atoms with Gasteiger partial charge in [0.15, 0.2) is 0 Å². The van der Waals surface area contributed by atoms with Crippen LogP contribution in [0.2, 0.25) is 0 Å². The van der Waals surface area contributed by atoms with E-state index in [0.717, 1.165) is 6.54 Å². The second-order valence-electron chi connectivity index (χ2n) is 5.04. The van der Waals surface area contributed by atoms with Gasteiger partial charge in [-0.1, -0.05) is 0 Å². The Morgan fingerprint density at radius 3 is 2.53 bits per heavy atom. The molecule has 1 aromatic heterocycles. The van der Waals surface area contributed by atoms with Crippen LogP contribution in [0, 0.1) is 5.41 Å². The van der Waals surface area contributed by atoms with E-state index in [-0.39, 0.29) is 5.84 Å². The molecule has 1 heterocycles. The lowest BCUT2D eigenvalue weighted by Crippen LogP contribution is -2.39. The Balaban J connectivity index is 2.60. The Bertz CT molecular complexity index is 410. The third-order valence-corrected chi connectivity index (χ3v) is 2.96.